The van der Waals surface area contributed by atoms with Crippen LogP contribution in [0.25, 0.3) is 5.76 Å². The lowest BCUT2D eigenvalue weighted by atomic mass is 9.95. The number of aryl methyl sites for hydroxylation is 1. The lowest BCUT2D eigenvalue weighted by Crippen LogP contribution is -2.38. The van der Waals surface area contributed by atoms with E-state index in [0.717, 1.165) is 24.2 Å². The van der Waals surface area contributed by atoms with Crippen LogP contribution in [-0.4, -0.2) is 59.4 Å². The smallest absolute Gasteiger partial charge is 0.295 e. The van der Waals surface area contributed by atoms with Gasteiger partial charge in [-0.2, -0.15) is 0 Å². The van der Waals surface area contributed by atoms with Crippen LogP contribution < -0.4 is 4.74 Å². The molecule has 3 rings (SSSR count). The fourth-order valence-electron chi connectivity index (χ4n) is 4.16. The van der Waals surface area contributed by atoms with Crippen molar-refractivity contribution < 1.29 is 19.4 Å². The molecule has 1 aliphatic heterocycles. The summed E-state index contributed by atoms with van der Waals surface area (Å²) in [6.45, 7) is 11.1. The van der Waals surface area contributed by atoms with Gasteiger partial charge in [0.15, 0.2) is 0 Å². The van der Waals surface area contributed by atoms with Crippen LogP contribution >= 0.6 is 11.6 Å². The number of hydrogen-bond acceptors (Lipinski definition) is 5. The maximum absolute atomic E-state index is 13.1. The van der Waals surface area contributed by atoms with Gasteiger partial charge in [-0.1, -0.05) is 37.6 Å². The molecule has 1 atom stereocenters. The third-order valence-electron chi connectivity index (χ3n) is 6.03. The number of aliphatic hydroxyl groups is 1. The van der Waals surface area contributed by atoms with Crippen LogP contribution in [0.4, 0.5) is 0 Å². The summed E-state index contributed by atoms with van der Waals surface area (Å²) in [4.78, 5) is 30.0. The number of amides is 1. The Hall–Kier alpha value is -2.83. The van der Waals surface area contributed by atoms with Gasteiger partial charge in [0.25, 0.3) is 11.7 Å². The SMILES string of the molecule is CCOc1ccc(C(O)=C2C(=O)C(=O)N(CCN(CC)CC)[C@@H]2c2ccc(Cl)cc2)cc1C. The van der Waals surface area contributed by atoms with Gasteiger partial charge in [0.2, 0.25) is 0 Å². The molecule has 1 saturated heterocycles. The van der Waals surface area contributed by atoms with E-state index in [4.69, 9.17) is 16.3 Å². The molecule has 1 heterocycles. The Balaban J connectivity index is 2.09. The maximum atomic E-state index is 13.1. The number of carbonyl (C=O) groups is 2. The standard InChI is InChI=1S/C26H31ClN2O4/c1-5-28(6-2)14-15-29-23(18-8-11-20(27)12-9-18)22(25(31)26(29)32)24(30)19-10-13-21(33-7-3)17(4)16-19/h8-13,16,23,30H,5-7,14-15H2,1-4H3/t23-/m1/s1. The predicted octanol–water partition coefficient (Wildman–Crippen LogP) is 4.81. The number of rotatable bonds is 9. The molecule has 2 aromatic carbocycles. The van der Waals surface area contributed by atoms with Gasteiger partial charge in [0.05, 0.1) is 18.2 Å². The summed E-state index contributed by atoms with van der Waals surface area (Å²) in [6, 6.07) is 11.6. The molecule has 0 spiro atoms. The summed E-state index contributed by atoms with van der Waals surface area (Å²) in [5, 5.41) is 11.8. The second-order valence-electron chi connectivity index (χ2n) is 7.98. The molecule has 1 aliphatic rings. The number of ketones is 1. The maximum Gasteiger partial charge on any atom is 0.295 e. The van der Waals surface area contributed by atoms with Gasteiger partial charge in [-0.25, -0.2) is 0 Å². The van der Waals surface area contributed by atoms with Crippen LogP contribution in [0, 0.1) is 6.92 Å². The van der Waals surface area contributed by atoms with E-state index < -0.39 is 17.7 Å². The zero-order valence-corrected chi connectivity index (χ0v) is 20.4. The summed E-state index contributed by atoms with van der Waals surface area (Å²) in [5.41, 5.74) is 2.11. The third-order valence-corrected chi connectivity index (χ3v) is 6.28. The molecule has 0 saturated carbocycles. The van der Waals surface area contributed by atoms with E-state index in [1.54, 1.807) is 47.4 Å². The topological polar surface area (TPSA) is 70.1 Å². The van der Waals surface area contributed by atoms with Crippen molar-refractivity contribution >= 4 is 29.1 Å². The Labute approximate surface area is 200 Å². The molecule has 1 fully saturated rings. The van der Waals surface area contributed by atoms with E-state index in [2.05, 4.69) is 18.7 Å². The average Bonchev–Trinajstić information content (AvgIpc) is 3.06. The summed E-state index contributed by atoms with van der Waals surface area (Å²) in [5.74, 6) is -0.766. The van der Waals surface area contributed by atoms with Crippen LogP contribution in [0.3, 0.4) is 0 Å². The molecule has 176 valence electrons. The minimum absolute atomic E-state index is 0.0884. The number of hydrogen-bond donors (Lipinski definition) is 1. The van der Waals surface area contributed by atoms with Crippen molar-refractivity contribution in [2.75, 3.05) is 32.8 Å². The largest absolute Gasteiger partial charge is 0.507 e. The highest BCUT2D eigenvalue weighted by Crippen LogP contribution is 2.40. The van der Waals surface area contributed by atoms with Crippen molar-refractivity contribution in [3.63, 3.8) is 0 Å². The molecule has 0 radical (unpaired) electrons. The number of halogens is 1. The lowest BCUT2D eigenvalue weighted by Gasteiger charge is -2.28. The van der Waals surface area contributed by atoms with E-state index >= 15 is 0 Å². The zero-order valence-electron chi connectivity index (χ0n) is 19.6. The monoisotopic (exact) mass is 470 g/mol. The molecule has 2 aromatic rings. The first-order chi connectivity index (χ1) is 15.8. The Bertz CT molecular complexity index is 1040. The van der Waals surface area contributed by atoms with Crippen molar-refractivity contribution in [3.8, 4) is 5.75 Å². The second-order valence-corrected chi connectivity index (χ2v) is 8.42. The quantitative estimate of drug-likeness (QED) is 0.323. The first-order valence-corrected chi connectivity index (χ1v) is 11.7. The Kier molecular flexibility index (Phi) is 8.16. The molecule has 7 heteroatoms. The van der Waals surface area contributed by atoms with Crippen molar-refractivity contribution in [2.24, 2.45) is 0 Å². The molecule has 1 N–H and O–H groups in total. The summed E-state index contributed by atoms with van der Waals surface area (Å²) >= 11 is 6.08. The van der Waals surface area contributed by atoms with Gasteiger partial charge in [-0.05, 0) is 68.4 Å². The molecule has 6 nitrogen and oxygen atoms in total. The highest BCUT2D eigenvalue weighted by atomic mass is 35.5. The first kappa shape index (κ1) is 24.8. The van der Waals surface area contributed by atoms with E-state index in [9.17, 15) is 14.7 Å². The summed E-state index contributed by atoms with van der Waals surface area (Å²) < 4.78 is 5.59. The number of carbonyl (C=O) groups excluding carboxylic acids is 2. The minimum atomic E-state index is -0.690. The Morgan fingerprint density at radius 2 is 1.76 bits per heavy atom. The molecule has 0 bridgehead atoms. The summed E-state index contributed by atoms with van der Waals surface area (Å²) in [7, 11) is 0. The number of likely N-dealkylation sites (N-methyl/N-ethyl adjacent to an activating group) is 1. The van der Waals surface area contributed by atoms with E-state index in [1.165, 1.54) is 0 Å². The van der Waals surface area contributed by atoms with Crippen LogP contribution in [0.15, 0.2) is 48.0 Å². The number of likely N-dealkylation sites (tertiary alicyclic amines) is 1. The van der Waals surface area contributed by atoms with E-state index in [1.807, 2.05) is 13.8 Å². The van der Waals surface area contributed by atoms with E-state index in [0.29, 0.717) is 36.0 Å². The number of Topliss-reactive ketones (excluding diaryl/α,β-unsaturated/α-hetero) is 1. The molecular weight excluding hydrogens is 440 g/mol. The Morgan fingerprint density at radius 1 is 1.09 bits per heavy atom. The average molecular weight is 471 g/mol. The number of aliphatic hydroxyl groups excluding tert-OH is 1. The van der Waals surface area contributed by atoms with Gasteiger partial charge < -0.3 is 19.6 Å². The molecule has 0 aromatic heterocycles. The fourth-order valence-corrected chi connectivity index (χ4v) is 4.29. The fraction of sp³-hybridized carbons (Fsp3) is 0.385. The third kappa shape index (κ3) is 5.23. The van der Waals surface area contributed by atoms with Gasteiger partial charge in [0, 0.05) is 23.7 Å². The predicted molar refractivity (Wildman–Crippen MR) is 131 cm³/mol. The molecule has 0 unspecified atom stereocenters. The summed E-state index contributed by atoms with van der Waals surface area (Å²) in [6.07, 6.45) is 0. The lowest BCUT2D eigenvalue weighted by molar-refractivity contribution is -0.140. The van der Waals surface area contributed by atoms with Crippen LogP contribution in [0.1, 0.15) is 43.5 Å². The molecule has 1 amide bonds. The van der Waals surface area contributed by atoms with Crippen LogP contribution in [0.2, 0.25) is 5.02 Å². The van der Waals surface area contributed by atoms with Gasteiger partial charge in [-0.3, -0.25) is 9.59 Å². The molecule has 33 heavy (non-hydrogen) atoms. The normalized spacial score (nSPS) is 17.8. The van der Waals surface area contributed by atoms with Gasteiger partial charge in [-0.15, -0.1) is 0 Å². The number of ether oxygens (including phenoxy) is 1. The Morgan fingerprint density at radius 3 is 2.33 bits per heavy atom. The van der Waals surface area contributed by atoms with Gasteiger partial charge in [0.1, 0.15) is 11.5 Å². The molecule has 0 aliphatic carbocycles. The zero-order chi connectivity index (χ0) is 24.1. The van der Waals surface area contributed by atoms with Crippen LogP contribution in [-0.2, 0) is 9.59 Å². The molecular formula is C26H31ClN2O4. The highest BCUT2D eigenvalue weighted by molar-refractivity contribution is 6.46. The van der Waals surface area contributed by atoms with E-state index in [-0.39, 0.29) is 11.3 Å². The number of nitrogens with zero attached hydrogens (tertiary/aromatic N) is 2. The van der Waals surface area contributed by atoms with Crippen molar-refractivity contribution in [1.82, 2.24) is 9.80 Å². The second kappa shape index (κ2) is 10.9. The van der Waals surface area contributed by atoms with Crippen molar-refractivity contribution in [1.29, 1.82) is 0 Å². The van der Waals surface area contributed by atoms with Crippen molar-refractivity contribution in [3.05, 3.63) is 69.8 Å². The minimum Gasteiger partial charge on any atom is -0.507 e. The van der Waals surface area contributed by atoms with Crippen molar-refractivity contribution in [2.45, 2.75) is 33.7 Å². The number of benzene rings is 2. The van der Waals surface area contributed by atoms with Crippen LogP contribution in [0.5, 0.6) is 5.75 Å². The first-order valence-electron chi connectivity index (χ1n) is 11.3. The highest BCUT2D eigenvalue weighted by Gasteiger charge is 2.46. The van der Waals surface area contributed by atoms with Gasteiger partial charge >= 0.3 is 0 Å².